The van der Waals surface area contributed by atoms with Gasteiger partial charge in [-0.1, -0.05) is 46.4 Å². The monoisotopic (exact) mass is 463 g/mol. The van der Waals surface area contributed by atoms with Gasteiger partial charge in [-0.05, 0) is 25.5 Å². The number of halogens is 6. The molecule has 0 aliphatic heterocycles. The average Bonchev–Trinajstić information content (AvgIpc) is 2.77. The highest BCUT2D eigenvalue weighted by Gasteiger charge is 2.79. The number of allylic oxidation sites excluding steroid dienone is 2. The standard InChI is InChI=1S/C15H11Cl6NO3/c1-7(25-9-4-2-8(3-5-9)22(23)24)10-6-13(18)11(16)12(17)14(10,19)15(13,20)21/h2-5,7,10H,6H2,1H3/t7-,10+,13+,14-/m0/s1. The molecule has 1 fully saturated rings. The van der Waals surface area contributed by atoms with E-state index in [1.54, 1.807) is 6.92 Å². The van der Waals surface area contributed by atoms with E-state index in [1.165, 1.54) is 24.3 Å². The van der Waals surface area contributed by atoms with Gasteiger partial charge in [0.15, 0.2) is 4.33 Å². The molecule has 0 spiro atoms. The lowest BCUT2D eigenvalue weighted by atomic mass is 9.87. The van der Waals surface area contributed by atoms with Crippen LogP contribution in [0.1, 0.15) is 13.3 Å². The highest BCUT2D eigenvalue weighted by Crippen LogP contribution is 2.74. The average molecular weight is 466 g/mol. The minimum atomic E-state index is -1.60. The molecule has 4 nitrogen and oxygen atoms in total. The Bertz CT molecular complexity index is 767. The Hall–Kier alpha value is -0.1000. The largest absolute Gasteiger partial charge is 0.490 e. The van der Waals surface area contributed by atoms with Gasteiger partial charge in [0.2, 0.25) is 0 Å². The molecule has 10 heteroatoms. The lowest BCUT2D eigenvalue weighted by Gasteiger charge is -2.36. The predicted octanol–water partition coefficient (Wildman–Crippen LogP) is 6.21. The van der Waals surface area contributed by atoms with Crippen LogP contribution in [0.2, 0.25) is 0 Å². The first-order chi connectivity index (χ1) is 11.5. The summed E-state index contributed by atoms with van der Waals surface area (Å²) in [5.41, 5.74) is -0.0354. The molecule has 0 N–H and O–H groups in total. The van der Waals surface area contributed by atoms with Crippen LogP contribution in [0.3, 0.4) is 0 Å². The zero-order valence-corrected chi connectivity index (χ0v) is 17.1. The van der Waals surface area contributed by atoms with Gasteiger partial charge in [0.25, 0.3) is 5.69 Å². The van der Waals surface area contributed by atoms with E-state index < -0.39 is 31.0 Å². The fourth-order valence-corrected chi connectivity index (χ4v) is 6.27. The maximum absolute atomic E-state index is 10.7. The molecule has 0 radical (unpaired) electrons. The summed E-state index contributed by atoms with van der Waals surface area (Å²) < 4.78 is 4.26. The van der Waals surface area contributed by atoms with Gasteiger partial charge in [-0.2, -0.15) is 0 Å². The van der Waals surface area contributed by atoms with Crippen LogP contribution in [-0.2, 0) is 0 Å². The molecule has 25 heavy (non-hydrogen) atoms. The third-order valence-corrected chi connectivity index (χ3v) is 9.06. The summed E-state index contributed by atoms with van der Waals surface area (Å²) in [7, 11) is 0. The second kappa shape index (κ2) is 6.22. The molecule has 2 aliphatic rings. The fourth-order valence-electron chi connectivity index (χ4n) is 3.39. The first-order valence-electron chi connectivity index (χ1n) is 7.20. The van der Waals surface area contributed by atoms with Gasteiger partial charge in [-0.15, -0.1) is 23.2 Å². The van der Waals surface area contributed by atoms with E-state index in [0.29, 0.717) is 5.75 Å². The van der Waals surface area contributed by atoms with Gasteiger partial charge in [0.1, 0.15) is 21.6 Å². The number of nitro groups is 1. The van der Waals surface area contributed by atoms with Crippen LogP contribution in [0.15, 0.2) is 34.3 Å². The number of nitrogens with zero attached hydrogens (tertiary/aromatic N) is 1. The lowest BCUT2D eigenvalue weighted by molar-refractivity contribution is -0.384. The van der Waals surface area contributed by atoms with Gasteiger partial charge in [0, 0.05) is 18.1 Å². The highest BCUT2D eigenvalue weighted by molar-refractivity contribution is 6.65. The van der Waals surface area contributed by atoms with Crippen LogP contribution in [0, 0.1) is 16.0 Å². The zero-order chi connectivity index (χ0) is 18.8. The number of nitro benzene ring substituents is 1. The normalized spacial score (nSPS) is 34.3. The van der Waals surface area contributed by atoms with Crippen LogP contribution in [0.4, 0.5) is 5.69 Å². The first kappa shape index (κ1) is 19.7. The molecule has 1 aromatic rings. The van der Waals surface area contributed by atoms with Crippen molar-refractivity contribution in [3.8, 4) is 5.75 Å². The summed E-state index contributed by atoms with van der Waals surface area (Å²) in [5.74, 6) is 0.0116. The van der Waals surface area contributed by atoms with Crippen molar-refractivity contribution in [3.63, 3.8) is 0 Å². The van der Waals surface area contributed by atoms with Gasteiger partial charge < -0.3 is 4.74 Å². The second-order valence-corrected chi connectivity index (χ2v) is 9.42. The maximum atomic E-state index is 10.7. The van der Waals surface area contributed by atoms with Crippen LogP contribution in [0.5, 0.6) is 5.75 Å². The summed E-state index contributed by atoms with van der Waals surface area (Å²) in [6.45, 7) is 1.78. The molecule has 0 saturated heterocycles. The molecule has 0 unspecified atom stereocenters. The summed E-state index contributed by atoms with van der Waals surface area (Å²) >= 11 is 38.7. The molecule has 3 rings (SSSR count). The lowest BCUT2D eigenvalue weighted by Crippen LogP contribution is -2.47. The molecule has 0 amide bonds. The van der Waals surface area contributed by atoms with Gasteiger partial charge in [-0.3, -0.25) is 10.1 Å². The Morgan fingerprint density at radius 3 is 2.16 bits per heavy atom. The van der Waals surface area contributed by atoms with E-state index in [0.717, 1.165) is 0 Å². The van der Waals surface area contributed by atoms with Crippen molar-refractivity contribution in [3.05, 3.63) is 44.4 Å². The Balaban J connectivity index is 1.87. The number of non-ortho nitro benzene ring substituents is 1. The van der Waals surface area contributed by atoms with Crippen molar-refractivity contribution in [1.29, 1.82) is 0 Å². The number of alkyl halides is 4. The van der Waals surface area contributed by atoms with E-state index in [4.69, 9.17) is 74.3 Å². The minimum Gasteiger partial charge on any atom is -0.490 e. The van der Waals surface area contributed by atoms with E-state index in [-0.39, 0.29) is 22.2 Å². The Kier molecular flexibility index (Phi) is 4.89. The molecule has 1 aromatic carbocycles. The van der Waals surface area contributed by atoms with Crippen molar-refractivity contribution in [2.45, 2.75) is 33.5 Å². The number of hydrogen-bond acceptors (Lipinski definition) is 3. The van der Waals surface area contributed by atoms with Crippen molar-refractivity contribution in [1.82, 2.24) is 0 Å². The summed E-state index contributed by atoms with van der Waals surface area (Å²) in [4.78, 5) is 7.54. The molecule has 0 heterocycles. The Morgan fingerprint density at radius 1 is 1.16 bits per heavy atom. The van der Waals surface area contributed by atoms with Crippen molar-refractivity contribution >= 4 is 75.3 Å². The van der Waals surface area contributed by atoms with E-state index in [1.807, 2.05) is 0 Å². The number of fused-ring (bicyclic) bond motifs is 2. The van der Waals surface area contributed by atoms with E-state index >= 15 is 0 Å². The molecular formula is C15H11Cl6NO3. The Morgan fingerprint density at radius 2 is 1.72 bits per heavy atom. The first-order valence-corrected chi connectivity index (χ1v) is 9.46. The van der Waals surface area contributed by atoms with Crippen LogP contribution in [-0.4, -0.2) is 25.1 Å². The summed E-state index contributed by atoms with van der Waals surface area (Å²) in [5, 5.41) is 11.0. The Labute approximate surface area is 174 Å². The summed E-state index contributed by atoms with van der Waals surface area (Å²) in [6, 6.07) is 5.69. The molecule has 4 atom stereocenters. The molecule has 2 bridgehead atoms. The van der Waals surface area contributed by atoms with Gasteiger partial charge >= 0.3 is 0 Å². The number of benzene rings is 1. The van der Waals surface area contributed by atoms with Crippen molar-refractivity contribution < 1.29 is 9.66 Å². The van der Waals surface area contributed by atoms with Crippen LogP contribution in [0.25, 0.3) is 0 Å². The van der Waals surface area contributed by atoms with E-state index in [2.05, 4.69) is 0 Å². The molecular weight excluding hydrogens is 455 g/mol. The topological polar surface area (TPSA) is 52.4 Å². The molecule has 0 aromatic heterocycles. The third-order valence-electron chi connectivity index (χ3n) is 4.76. The number of rotatable bonds is 4. The predicted molar refractivity (Wildman–Crippen MR) is 102 cm³/mol. The third kappa shape index (κ3) is 2.56. The second-order valence-electron chi connectivity index (χ2n) is 6.10. The summed E-state index contributed by atoms with van der Waals surface area (Å²) in [6.07, 6.45) is -0.205. The maximum Gasteiger partial charge on any atom is 0.269 e. The quantitative estimate of drug-likeness (QED) is 0.301. The fraction of sp³-hybridized carbons (Fsp3) is 0.467. The smallest absolute Gasteiger partial charge is 0.269 e. The van der Waals surface area contributed by atoms with Crippen molar-refractivity contribution in [2.24, 2.45) is 5.92 Å². The highest BCUT2D eigenvalue weighted by atomic mass is 35.5. The molecule has 136 valence electrons. The van der Waals surface area contributed by atoms with Crippen LogP contribution < -0.4 is 4.74 Å². The van der Waals surface area contributed by atoms with Gasteiger partial charge in [-0.25, -0.2) is 0 Å². The number of ether oxygens (including phenoxy) is 1. The van der Waals surface area contributed by atoms with Crippen LogP contribution >= 0.6 is 69.6 Å². The zero-order valence-electron chi connectivity index (χ0n) is 12.6. The van der Waals surface area contributed by atoms with Gasteiger partial charge in [0.05, 0.1) is 15.0 Å². The molecule has 1 saturated carbocycles. The van der Waals surface area contributed by atoms with Crippen molar-refractivity contribution in [2.75, 3.05) is 0 Å². The molecule has 2 aliphatic carbocycles. The number of hydrogen-bond donors (Lipinski definition) is 0. The SMILES string of the molecule is C[C@H](Oc1ccc([N+](=O)[O-])cc1)[C@H]1C[C@@]2(Cl)C(Cl)=C(Cl)[C@]1(Cl)C2(Cl)Cl. The van der Waals surface area contributed by atoms with E-state index in [9.17, 15) is 10.1 Å². The minimum absolute atomic E-state index is 0.0354.